The molecule has 3 aromatic rings. The Morgan fingerprint density at radius 3 is 2.74 bits per heavy atom. The Labute approximate surface area is 159 Å². The van der Waals surface area contributed by atoms with E-state index in [1.807, 2.05) is 54.9 Å². The summed E-state index contributed by atoms with van der Waals surface area (Å²) in [4.78, 5) is 17.0. The molecule has 1 unspecified atom stereocenters. The highest BCUT2D eigenvalue weighted by Crippen LogP contribution is 2.31. The monoisotopic (exact) mass is 357 g/mol. The van der Waals surface area contributed by atoms with E-state index in [2.05, 4.69) is 36.3 Å². The van der Waals surface area contributed by atoms with Gasteiger partial charge in [-0.25, -0.2) is 0 Å². The fourth-order valence-corrected chi connectivity index (χ4v) is 3.39. The molecule has 1 atom stereocenters. The van der Waals surface area contributed by atoms with E-state index in [-0.39, 0.29) is 18.4 Å². The van der Waals surface area contributed by atoms with Crippen LogP contribution in [0.2, 0.25) is 0 Å². The van der Waals surface area contributed by atoms with Crippen LogP contribution < -0.4 is 5.32 Å². The fourth-order valence-electron chi connectivity index (χ4n) is 3.39. The van der Waals surface area contributed by atoms with Gasteiger partial charge in [0.15, 0.2) is 0 Å². The molecule has 0 aliphatic carbocycles. The summed E-state index contributed by atoms with van der Waals surface area (Å²) in [6.07, 6.45) is 4.46. The van der Waals surface area contributed by atoms with Crippen molar-refractivity contribution in [3.63, 3.8) is 0 Å². The standard InChI is InChI=1S/C23H23N3O/c1-16(2)12-21(23(27)26-11-10-24)17-7-5-8-18(13-17)22-15-25-14-19-6-3-4-9-20(19)22/h3-9,13-16,21H,11-12H2,1-2H3,(H,26,27). The molecule has 4 heteroatoms. The lowest BCUT2D eigenvalue weighted by atomic mass is 9.87. The van der Waals surface area contributed by atoms with Gasteiger partial charge in [0.25, 0.3) is 0 Å². The molecule has 0 saturated carbocycles. The number of pyridine rings is 1. The molecule has 4 nitrogen and oxygen atoms in total. The van der Waals surface area contributed by atoms with E-state index < -0.39 is 0 Å². The van der Waals surface area contributed by atoms with Crippen molar-refractivity contribution < 1.29 is 4.79 Å². The van der Waals surface area contributed by atoms with E-state index in [1.54, 1.807) is 0 Å². The van der Waals surface area contributed by atoms with Crippen LogP contribution in [0.25, 0.3) is 21.9 Å². The Morgan fingerprint density at radius 2 is 1.96 bits per heavy atom. The molecule has 0 aliphatic heterocycles. The van der Waals surface area contributed by atoms with Gasteiger partial charge in [-0.15, -0.1) is 0 Å². The highest BCUT2D eigenvalue weighted by atomic mass is 16.1. The van der Waals surface area contributed by atoms with Crippen molar-refractivity contribution in [2.45, 2.75) is 26.2 Å². The van der Waals surface area contributed by atoms with Crippen molar-refractivity contribution >= 4 is 16.7 Å². The quantitative estimate of drug-likeness (QED) is 0.652. The van der Waals surface area contributed by atoms with Crippen LogP contribution in [0.1, 0.15) is 31.7 Å². The summed E-state index contributed by atoms with van der Waals surface area (Å²) >= 11 is 0. The van der Waals surface area contributed by atoms with Gasteiger partial charge in [0.2, 0.25) is 5.91 Å². The maximum absolute atomic E-state index is 12.6. The molecule has 1 amide bonds. The third-order valence-corrected chi connectivity index (χ3v) is 4.63. The van der Waals surface area contributed by atoms with E-state index in [1.165, 1.54) is 0 Å². The van der Waals surface area contributed by atoms with Gasteiger partial charge in [-0.05, 0) is 28.9 Å². The number of benzene rings is 2. The minimum atomic E-state index is -0.277. The predicted octanol–water partition coefficient (Wildman–Crippen LogP) is 4.67. The molecule has 27 heavy (non-hydrogen) atoms. The SMILES string of the molecule is CC(C)CC(C(=O)NCC#N)c1cccc(-c2cncc3ccccc23)c1. The number of nitrogens with zero attached hydrogens (tertiary/aromatic N) is 2. The molecule has 3 rings (SSSR count). The van der Waals surface area contributed by atoms with Crippen LogP contribution in [0.15, 0.2) is 60.9 Å². The van der Waals surface area contributed by atoms with E-state index in [4.69, 9.17) is 5.26 Å². The van der Waals surface area contributed by atoms with Crippen LogP contribution in [0.3, 0.4) is 0 Å². The molecule has 1 aromatic heterocycles. The maximum Gasteiger partial charge on any atom is 0.228 e. The first-order valence-corrected chi connectivity index (χ1v) is 9.18. The summed E-state index contributed by atoms with van der Waals surface area (Å²) in [5.41, 5.74) is 3.05. The Kier molecular flexibility index (Phi) is 5.83. The van der Waals surface area contributed by atoms with Crippen molar-refractivity contribution in [3.8, 4) is 17.2 Å². The zero-order valence-electron chi connectivity index (χ0n) is 15.6. The summed E-state index contributed by atoms with van der Waals surface area (Å²) in [6, 6.07) is 18.2. The van der Waals surface area contributed by atoms with Gasteiger partial charge in [-0.3, -0.25) is 9.78 Å². The molecule has 136 valence electrons. The van der Waals surface area contributed by atoms with Crippen LogP contribution in [-0.2, 0) is 4.79 Å². The Morgan fingerprint density at radius 1 is 1.15 bits per heavy atom. The van der Waals surface area contributed by atoms with E-state index in [0.29, 0.717) is 5.92 Å². The second-order valence-corrected chi connectivity index (χ2v) is 7.09. The van der Waals surface area contributed by atoms with Gasteiger partial charge in [-0.2, -0.15) is 5.26 Å². The minimum Gasteiger partial charge on any atom is -0.342 e. The Balaban J connectivity index is 2.02. The zero-order valence-corrected chi connectivity index (χ0v) is 15.6. The van der Waals surface area contributed by atoms with Crippen molar-refractivity contribution in [2.75, 3.05) is 6.54 Å². The molecule has 0 spiro atoms. The first kappa shape index (κ1) is 18.6. The summed E-state index contributed by atoms with van der Waals surface area (Å²) in [5.74, 6) is -0.00889. The minimum absolute atomic E-state index is 0.0281. The number of nitrogens with one attached hydrogen (secondary N) is 1. The average molecular weight is 357 g/mol. The smallest absolute Gasteiger partial charge is 0.228 e. The van der Waals surface area contributed by atoms with Crippen molar-refractivity contribution in [1.82, 2.24) is 10.3 Å². The van der Waals surface area contributed by atoms with Crippen LogP contribution in [0.4, 0.5) is 0 Å². The normalized spacial score (nSPS) is 11.9. The zero-order chi connectivity index (χ0) is 19.2. The molecule has 1 N–H and O–H groups in total. The number of fused-ring (bicyclic) bond motifs is 1. The van der Waals surface area contributed by atoms with E-state index in [9.17, 15) is 4.79 Å². The topological polar surface area (TPSA) is 65.8 Å². The summed E-state index contributed by atoms with van der Waals surface area (Å²) in [7, 11) is 0. The second-order valence-electron chi connectivity index (χ2n) is 7.09. The largest absolute Gasteiger partial charge is 0.342 e. The Bertz CT molecular complexity index is 983. The summed E-state index contributed by atoms with van der Waals surface area (Å²) in [6.45, 7) is 4.23. The maximum atomic E-state index is 12.6. The number of carbonyl (C=O) groups is 1. The molecule has 2 aromatic carbocycles. The van der Waals surface area contributed by atoms with Gasteiger partial charge in [0, 0.05) is 23.3 Å². The molecule has 0 bridgehead atoms. The van der Waals surface area contributed by atoms with Crippen molar-refractivity contribution in [2.24, 2.45) is 5.92 Å². The fraction of sp³-hybridized carbons (Fsp3) is 0.261. The third kappa shape index (κ3) is 4.32. The van der Waals surface area contributed by atoms with Crippen LogP contribution in [0.5, 0.6) is 0 Å². The van der Waals surface area contributed by atoms with Crippen LogP contribution >= 0.6 is 0 Å². The lowest BCUT2D eigenvalue weighted by molar-refractivity contribution is -0.122. The number of hydrogen-bond acceptors (Lipinski definition) is 3. The predicted molar refractivity (Wildman–Crippen MR) is 108 cm³/mol. The number of amides is 1. The van der Waals surface area contributed by atoms with Crippen molar-refractivity contribution in [1.29, 1.82) is 5.26 Å². The van der Waals surface area contributed by atoms with Gasteiger partial charge in [-0.1, -0.05) is 62.4 Å². The van der Waals surface area contributed by atoms with Gasteiger partial charge in [0.05, 0.1) is 12.0 Å². The van der Waals surface area contributed by atoms with Gasteiger partial charge in [0.1, 0.15) is 6.54 Å². The first-order valence-electron chi connectivity index (χ1n) is 9.18. The highest BCUT2D eigenvalue weighted by molar-refractivity contribution is 5.96. The summed E-state index contributed by atoms with van der Waals surface area (Å²) < 4.78 is 0. The summed E-state index contributed by atoms with van der Waals surface area (Å²) in [5, 5.41) is 13.7. The highest BCUT2D eigenvalue weighted by Gasteiger charge is 2.22. The van der Waals surface area contributed by atoms with Crippen LogP contribution in [0, 0.1) is 17.2 Å². The van der Waals surface area contributed by atoms with Crippen LogP contribution in [-0.4, -0.2) is 17.4 Å². The first-order chi connectivity index (χ1) is 13.1. The Hall–Kier alpha value is -3.19. The third-order valence-electron chi connectivity index (χ3n) is 4.63. The number of carbonyl (C=O) groups excluding carboxylic acids is 1. The molecular formula is C23H23N3O. The van der Waals surface area contributed by atoms with Crippen molar-refractivity contribution in [3.05, 3.63) is 66.5 Å². The average Bonchev–Trinajstić information content (AvgIpc) is 2.69. The molecule has 0 aliphatic rings. The molecule has 0 saturated heterocycles. The molecule has 1 heterocycles. The molecule has 0 fully saturated rings. The second kappa shape index (κ2) is 8.46. The van der Waals surface area contributed by atoms with E-state index in [0.717, 1.165) is 33.9 Å². The lowest BCUT2D eigenvalue weighted by Gasteiger charge is -2.19. The number of nitriles is 1. The van der Waals surface area contributed by atoms with Gasteiger partial charge < -0.3 is 5.32 Å². The number of hydrogen-bond donors (Lipinski definition) is 1. The number of rotatable bonds is 6. The van der Waals surface area contributed by atoms with E-state index >= 15 is 0 Å². The van der Waals surface area contributed by atoms with Gasteiger partial charge >= 0.3 is 0 Å². The molecular weight excluding hydrogens is 334 g/mol. The number of aromatic nitrogens is 1. The lowest BCUT2D eigenvalue weighted by Crippen LogP contribution is -2.30. The molecule has 0 radical (unpaired) electrons.